The monoisotopic (exact) mass is 296 g/mol. The van der Waals surface area contributed by atoms with E-state index in [4.69, 9.17) is 0 Å². The number of carbonyl (C=O) groups excluding carboxylic acids is 2. The van der Waals surface area contributed by atoms with Gasteiger partial charge in [0, 0.05) is 0 Å². The first-order chi connectivity index (χ1) is 8.38. The minimum Gasteiger partial charge on any atom is -0.305 e. The van der Waals surface area contributed by atoms with Crippen molar-refractivity contribution in [1.82, 2.24) is 0 Å². The standard InChI is InChI=1S/C13H23F3O2Si/c1-8(2)19(9(3)4,10(5)6)12(18)7-11(17)13(14,15)16/h8-10H,7H2,1-6H3. The molecule has 0 spiro atoms. The van der Waals surface area contributed by atoms with Gasteiger partial charge in [0.15, 0.2) is 0 Å². The lowest BCUT2D eigenvalue weighted by Crippen LogP contribution is -2.53. The minimum atomic E-state index is -4.92. The molecule has 0 heterocycles. The van der Waals surface area contributed by atoms with Gasteiger partial charge in [-0.2, -0.15) is 13.2 Å². The van der Waals surface area contributed by atoms with Gasteiger partial charge < -0.3 is 4.79 Å². The van der Waals surface area contributed by atoms with Crippen molar-refractivity contribution in [3.05, 3.63) is 0 Å². The Labute approximate surface area is 113 Å². The number of carbonyl (C=O) groups is 2. The summed E-state index contributed by atoms with van der Waals surface area (Å²) >= 11 is 0. The molecular weight excluding hydrogens is 273 g/mol. The molecule has 0 saturated heterocycles. The molecule has 19 heavy (non-hydrogen) atoms. The third kappa shape index (κ3) is 3.67. The summed E-state index contributed by atoms with van der Waals surface area (Å²) < 4.78 is 36.9. The van der Waals surface area contributed by atoms with Crippen LogP contribution in [0.4, 0.5) is 13.2 Å². The predicted molar refractivity (Wildman–Crippen MR) is 71.7 cm³/mol. The first-order valence-electron chi connectivity index (χ1n) is 6.51. The third-order valence-electron chi connectivity index (χ3n) is 3.99. The summed E-state index contributed by atoms with van der Waals surface area (Å²) in [5, 5.41) is -0.463. The van der Waals surface area contributed by atoms with Crippen LogP contribution in [0, 0.1) is 0 Å². The summed E-state index contributed by atoms with van der Waals surface area (Å²) in [5.41, 5.74) is 0.0445. The van der Waals surface area contributed by atoms with Crippen LogP contribution < -0.4 is 0 Å². The summed E-state index contributed by atoms with van der Waals surface area (Å²) in [5.74, 6) is -1.92. The number of hydrogen-bond acceptors (Lipinski definition) is 2. The van der Waals surface area contributed by atoms with E-state index in [9.17, 15) is 22.8 Å². The van der Waals surface area contributed by atoms with E-state index in [0.717, 1.165) is 0 Å². The lowest BCUT2D eigenvalue weighted by molar-refractivity contribution is -0.171. The van der Waals surface area contributed by atoms with Gasteiger partial charge >= 0.3 is 6.18 Å². The van der Waals surface area contributed by atoms with Crippen molar-refractivity contribution in [2.24, 2.45) is 0 Å². The van der Waals surface area contributed by atoms with E-state index < -0.39 is 31.9 Å². The van der Waals surface area contributed by atoms with Gasteiger partial charge in [-0.1, -0.05) is 41.5 Å². The first kappa shape index (κ1) is 18.3. The van der Waals surface area contributed by atoms with Crippen LogP contribution in [0.3, 0.4) is 0 Å². The molecule has 0 N–H and O–H groups in total. The van der Waals surface area contributed by atoms with Crippen molar-refractivity contribution < 1.29 is 22.8 Å². The molecule has 2 nitrogen and oxygen atoms in total. The number of alkyl halides is 3. The van der Waals surface area contributed by atoms with E-state index in [0.29, 0.717) is 0 Å². The highest BCUT2D eigenvalue weighted by Crippen LogP contribution is 2.43. The maximum absolute atomic E-state index is 12.4. The average Bonchev–Trinajstić information content (AvgIpc) is 2.14. The van der Waals surface area contributed by atoms with Crippen molar-refractivity contribution in [3.8, 4) is 0 Å². The fourth-order valence-corrected chi connectivity index (χ4v) is 9.76. The summed E-state index contributed by atoms with van der Waals surface area (Å²) in [6.07, 6.45) is -5.91. The molecule has 0 aromatic carbocycles. The SMILES string of the molecule is CC(C)[Si](C(=O)CC(=O)C(F)(F)F)(C(C)C)C(C)C. The smallest absolute Gasteiger partial charge is 0.305 e. The second-order valence-electron chi connectivity index (χ2n) is 5.92. The van der Waals surface area contributed by atoms with Crippen LogP contribution in [0.25, 0.3) is 0 Å². The predicted octanol–water partition coefficient (Wildman–Crippen LogP) is 4.30. The van der Waals surface area contributed by atoms with E-state index in [1.54, 1.807) is 0 Å². The molecule has 0 rings (SSSR count). The minimum absolute atomic E-state index is 0.0148. The van der Waals surface area contributed by atoms with Crippen molar-refractivity contribution in [3.63, 3.8) is 0 Å². The van der Waals surface area contributed by atoms with Gasteiger partial charge in [-0.15, -0.1) is 0 Å². The molecule has 0 aliphatic rings. The topological polar surface area (TPSA) is 34.1 Å². The van der Waals surface area contributed by atoms with Gasteiger partial charge in [-0.05, 0) is 16.6 Å². The second kappa shape index (κ2) is 6.20. The third-order valence-corrected chi connectivity index (χ3v) is 10.9. The Bertz CT molecular complexity index is 325. The van der Waals surface area contributed by atoms with E-state index in [-0.39, 0.29) is 16.6 Å². The fourth-order valence-electron chi connectivity index (χ4n) is 3.37. The molecule has 0 aliphatic carbocycles. The van der Waals surface area contributed by atoms with Gasteiger partial charge in [0.2, 0.25) is 5.78 Å². The Balaban J connectivity index is 5.43. The van der Waals surface area contributed by atoms with E-state index in [2.05, 4.69) is 0 Å². The average molecular weight is 296 g/mol. The highest BCUT2D eigenvalue weighted by atomic mass is 28.3. The maximum atomic E-state index is 12.4. The largest absolute Gasteiger partial charge is 0.450 e. The zero-order valence-electron chi connectivity index (χ0n) is 12.4. The van der Waals surface area contributed by atoms with Crippen molar-refractivity contribution in [2.45, 2.75) is 70.8 Å². The van der Waals surface area contributed by atoms with Crippen LogP contribution in [0.2, 0.25) is 16.6 Å². The molecule has 0 aromatic rings. The van der Waals surface area contributed by atoms with E-state index >= 15 is 0 Å². The fraction of sp³-hybridized carbons (Fsp3) is 0.846. The Morgan fingerprint density at radius 3 is 1.42 bits per heavy atom. The highest BCUT2D eigenvalue weighted by molar-refractivity contribution is 7.09. The van der Waals surface area contributed by atoms with Gasteiger partial charge in [0.25, 0.3) is 0 Å². The van der Waals surface area contributed by atoms with Crippen LogP contribution in [0.1, 0.15) is 48.0 Å². The Morgan fingerprint density at radius 1 is 0.895 bits per heavy atom. The lowest BCUT2D eigenvalue weighted by Gasteiger charge is -2.41. The highest BCUT2D eigenvalue weighted by Gasteiger charge is 2.51. The van der Waals surface area contributed by atoms with Gasteiger partial charge in [-0.3, -0.25) is 4.79 Å². The van der Waals surface area contributed by atoms with Crippen molar-refractivity contribution in [2.75, 3.05) is 0 Å². The summed E-state index contributed by atoms with van der Waals surface area (Å²) in [6.45, 7) is 11.3. The Morgan fingerprint density at radius 2 is 1.21 bits per heavy atom. The second-order valence-corrected chi connectivity index (χ2v) is 11.8. The molecule has 0 saturated carbocycles. The van der Waals surface area contributed by atoms with Gasteiger partial charge in [0.1, 0.15) is 13.5 Å². The van der Waals surface area contributed by atoms with Crippen LogP contribution in [-0.4, -0.2) is 25.4 Å². The van der Waals surface area contributed by atoms with Crippen molar-refractivity contribution >= 4 is 19.3 Å². The summed E-state index contributed by atoms with van der Waals surface area (Å²) in [6, 6.07) is 0. The van der Waals surface area contributed by atoms with Crippen molar-refractivity contribution in [1.29, 1.82) is 0 Å². The Hall–Kier alpha value is -0.653. The number of halogens is 3. The number of rotatable bonds is 6. The van der Waals surface area contributed by atoms with Crippen LogP contribution >= 0.6 is 0 Å². The van der Waals surface area contributed by atoms with E-state index in [1.807, 2.05) is 41.5 Å². The maximum Gasteiger partial charge on any atom is 0.450 e. The molecule has 112 valence electrons. The number of ketones is 1. The Kier molecular flexibility index (Phi) is 5.99. The lowest BCUT2D eigenvalue weighted by atomic mass is 10.3. The molecule has 0 radical (unpaired) electrons. The zero-order chi connectivity index (χ0) is 15.6. The normalized spacial score (nSPS) is 13.5. The molecule has 0 fully saturated rings. The molecule has 6 heteroatoms. The molecular formula is C13H23F3O2Si. The molecule has 0 unspecified atom stereocenters. The van der Waals surface area contributed by atoms with Gasteiger partial charge in [-0.25, -0.2) is 0 Å². The first-order valence-corrected chi connectivity index (χ1v) is 8.74. The van der Waals surface area contributed by atoms with E-state index in [1.165, 1.54) is 0 Å². The number of hydrogen-bond donors (Lipinski definition) is 0. The quantitative estimate of drug-likeness (QED) is 0.541. The van der Waals surface area contributed by atoms with Crippen LogP contribution in [-0.2, 0) is 9.59 Å². The molecule has 0 amide bonds. The summed E-state index contributed by atoms with van der Waals surface area (Å²) in [4.78, 5) is 23.5. The number of Topliss-reactive ketones (excluding diaryl/α,β-unsaturated/α-hetero) is 1. The molecule has 0 atom stereocenters. The molecule has 0 aliphatic heterocycles. The molecule has 0 aromatic heterocycles. The van der Waals surface area contributed by atoms with Crippen LogP contribution in [0.15, 0.2) is 0 Å². The summed E-state index contributed by atoms with van der Waals surface area (Å²) in [7, 11) is -2.63. The zero-order valence-corrected chi connectivity index (χ0v) is 13.4. The molecule has 0 bridgehead atoms. The van der Waals surface area contributed by atoms with Gasteiger partial charge in [0.05, 0.1) is 6.42 Å². The van der Waals surface area contributed by atoms with Crippen LogP contribution in [0.5, 0.6) is 0 Å².